The van der Waals surface area contributed by atoms with Crippen LogP contribution in [0.25, 0.3) is 11.1 Å². The van der Waals surface area contributed by atoms with Crippen LogP contribution >= 0.6 is 0 Å². The standard InChI is InChI=1S/C23H30N4O3/c1-16(24)22(28)27-20(9-5-6-10-21(25)26)23(29)30-15-17-11-13-19(14-12-17)18-7-3-2-4-8-18/h2-4,7-8,11-14,16,20H,5-6,9-10,15,24H2,1H3,(H3,25,26)(H,27,28)/t16-,20-/m0/s1. The topological polar surface area (TPSA) is 131 Å². The molecule has 160 valence electrons. The highest BCUT2D eigenvalue weighted by Crippen LogP contribution is 2.19. The van der Waals surface area contributed by atoms with Gasteiger partial charge in [0.05, 0.1) is 11.9 Å². The lowest BCUT2D eigenvalue weighted by Gasteiger charge is -2.19. The van der Waals surface area contributed by atoms with Crippen LogP contribution < -0.4 is 16.8 Å². The zero-order valence-electron chi connectivity index (χ0n) is 17.3. The summed E-state index contributed by atoms with van der Waals surface area (Å²) in [5, 5.41) is 9.91. The first kappa shape index (κ1) is 23.1. The number of rotatable bonds is 11. The van der Waals surface area contributed by atoms with Gasteiger partial charge in [0, 0.05) is 6.42 Å². The Labute approximate surface area is 177 Å². The Kier molecular flexibility index (Phi) is 9.03. The lowest BCUT2D eigenvalue weighted by Crippen LogP contribution is -2.47. The minimum Gasteiger partial charge on any atom is -0.459 e. The van der Waals surface area contributed by atoms with Crippen molar-refractivity contribution in [2.45, 2.75) is 51.3 Å². The molecule has 7 nitrogen and oxygen atoms in total. The summed E-state index contributed by atoms with van der Waals surface area (Å²) in [6.45, 7) is 1.67. The molecule has 0 aromatic heterocycles. The van der Waals surface area contributed by atoms with E-state index in [1.165, 1.54) is 0 Å². The third-order valence-corrected chi connectivity index (χ3v) is 4.65. The molecule has 2 aromatic carbocycles. The van der Waals surface area contributed by atoms with E-state index < -0.39 is 24.0 Å². The predicted molar refractivity (Wildman–Crippen MR) is 118 cm³/mol. The number of unbranched alkanes of at least 4 members (excludes halogenated alkanes) is 1. The zero-order valence-corrected chi connectivity index (χ0v) is 17.3. The fourth-order valence-corrected chi connectivity index (χ4v) is 2.90. The van der Waals surface area contributed by atoms with Gasteiger partial charge in [-0.15, -0.1) is 0 Å². The van der Waals surface area contributed by atoms with Crippen LogP contribution in [0, 0.1) is 5.41 Å². The molecule has 6 N–H and O–H groups in total. The second-order valence-corrected chi connectivity index (χ2v) is 7.29. The number of esters is 1. The number of benzene rings is 2. The molecule has 0 spiro atoms. The first-order chi connectivity index (χ1) is 14.4. The normalized spacial score (nSPS) is 12.6. The van der Waals surface area contributed by atoms with E-state index in [4.69, 9.17) is 21.6 Å². The van der Waals surface area contributed by atoms with Gasteiger partial charge in [-0.2, -0.15) is 0 Å². The Bertz CT molecular complexity index is 835. The van der Waals surface area contributed by atoms with Gasteiger partial charge in [0.15, 0.2) is 0 Å². The van der Waals surface area contributed by atoms with Gasteiger partial charge in [-0.05, 0) is 36.5 Å². The maximum atomic E-state index is 12.5. The molecule has 0 aliphatic carbocycles. The Morgan fingerprint density at radius 2 is 1.67 bits per heavy atom. The zero-order chi connectivity index (χ0) is 21.9. The molecular weight excluding hydrogens is 380 g/mol. The number of hydrogen-bond acceptors (Lipinski definition) is 5. The van der Waals surface area contributed by atoms with Gasteiger partial charge in [0.1, 0.15) is 12.6 Å². The SMILES string of the molecule is C[C@H](N)C(=O)N[C@@H](CCCCC(=N)N)C(=O)OCc1ccc(-c2ccccc2)cc1. The smallest absolute Gasteiger partial charge is 0.328 e. The van der Waals surface area contributed by atoms with E-state index in [9.17, 15) is 9.59 Å². The molecule has 0 aliphatic rings. The predicted octanol–water partition coefficient (Wildman–Crippen LogP) is 2.73. The van der Waals surface area contributed by atoms with E-state index in [2.05, 4.69) is 5.32 Å². The van der Waals surface area contributed by atoms with Gasteiger partial charge in [0.2, 0.25) is 5.91 Å². The van der Waals surface area contributed by atoms with Crippen LogP contribution in [0.1, 0.15) is 38.2 Å². The highest BCUT2D eigenvalue weighted by atomic mass is 16.5. The van der Waals surface area contributed by atoms with Crippen molar-refractivity contribution in [3.8, 4) is 11.1 Å². The van der Waals surface area contributed by atoms with Crippen molar-refractivity contribution in [1.82, 2.24) is 5.32 Å². The maximum Gasteiger partial charge on any atom is 0.328 e. The number of carbonyl (C=O) groups excluding carboxylic acids is 2. The minimum atomic E-state index is -0.779. The van der Waals surface area contributed by atoms with Crippen molar-refractivity contribution in [1.29, 1.82) is 5.41 Å². The molecule has 0 saturated heterocycles. The molecule has 7 heteroatoms. The van der Waals surface area contributed by atoms with Gasteiger partial charge in [-0.25, -0.2) is 4.79 Å². The van der Waals surface area contributed by atoms with Gasteiger partial charge in [0.25, 0.3) is 0 Å². The van der Waals surface area contributed by atoms with Crippen LogP contribution in [0.2, 0.25) is 0 Å². The Morgan fingerprint density at radius 3 is 2.27 bits per heavy atom. The van der Waals surface area contributed by atoms with Crippen LogP contribution in [0.4, 0.5) is 0 Å². The summed E-state index contributed by atoms with van der Waals surface area (Å²) in [4.78, 5) is 24.5. The molecule has 0 saturated carbocycles. The number of nitrogens with two attached hydrogens (primary N) is 2. The number of carbonyl (C=O) groups is 2. The Hall–Kier alpha value is -3.19. The van der Waals surface area contributed by atoms with Gasteiger partial charge in [-0.1, -0.05) is 61.0 Å². The number of hydrogen-bond donors (Lipinski definition) is 4. The largest absolute Gasteiger partial charge is 0.459 e. The molecule has 30 heavy (non-hydrogen) atoms. The Balaban J connectivity index is 1.92. The van der Waals surface area contributed by atoms with Crippen LogP contribution in [0.15, 0.2) is 54.6 Å². The highest BCUT2D eigenvalue weighted by molar-refractivity contribution is 5.87. The first-order valence-electron chi connectivity index (χ1n) is 10.1. The molecule has 2 rings (SSSR count). The quantitative estimate of drug-likeness (QED) is 0.196. The Morgan fingerprint density at radius 1 is 1.03 bits per heavy atom. The third kappa shape index (κ3) is 7.67. The van der Waals surface area contributed by atoms with Crippen molar-refractivity contribution in [3.05, 3.63) is 60.2 Å². The summed E-state index contributed by atoms with van der Waals surface area (Å²) < 4.78 is 5.43. The molecule has 2 atom stereocenters. The number of amides is 1. The average molecular weight is 411 g/mol. The van der Waals surface area contributed by atoms with E-state index in [1.54, 1.807) is 6.92 Å². The summed E-state index contributed by atoms with van der Waals surface area (Å²) in [6.07, 6.45) is 2.15. The fraction of sp³-hybridized carbons (Fsp3) is 0.348. The lowest BCUT2D eigenvalue weighted by atomic mass is 10.0. The highest BCUT2D eigenvalue weighted by Gasteiger charge is 2.23. The van der Waals surface area contributed by atoms with Crippen LogP contribution in [0.3, 0.4) is 0 Å². The van der Waals surface area contributed by atoms with Gasteiger partial charge in [-0.3, -0.25) is 10.2 Å². The first-order valence-corrected chi connectivity index (χ1v) is 10.1. The molecule has 0 bridgehead atoms. The van der Waals surface area contributed by atoms with E-state index >= 15 is 0 Å². The molecule has 1 amide bonds. The number of nitrogens with one attached hydrogen (secondary N) is 2. The fourth-order valence-electron chi connectivity index (χ4n) is 2.90. The second kappa shape index (κ2) is 11.7. The average Bonchev–Trinajstić information content (AvgIpc) is 2.74. The molecule has 2 aromatic rings. The van der Waals surface area contributed by atoms with Crippen molar-refractivity contribution >= 4 is 17.7 Å². The monoisotopic (exact) mass is 410 g/mol. The van der Waals surface area contributed by atoms with Gasteiger partial charge >= 0.3 is 5.97 Å². The summed E-state index contributed by atoms with van der Waals surface area (Å²) in [5.41, 5.74) is 14.0. The van der Waals surface area contributed by atoms with Crippen LogP contribution in [-0.4, -0.2) is 29.8 Å². The second-order valence-electron chi connectivity index (χ2n) is 7.29. The lowest BCUT2D eigenvalue weighted by molar-refractivity contribution is -0.149. The summed E-state index contributed by atoms with van der Waals surface area (Å²) in [5.74, 6) is -0.803. The van der Waals surface area contributed by atoms with Crippen molar-refractivity contribution < 1.29 is 14.3 Å². The summed E-state index contributed by atoms with van der Waals surface area (Å²) in [7, 11) is 0. The molecular formula is C23H30N4O3. The van der Waals surface area contributed by atoms with E-state index in [0.29, 0.717) is 25.7 Å². The van der Waals surface area contributed by atoms with Crippen LogP contribution in [-0.2, 0) is 20.9 Å². The van der Waals surface area contributed by atoms with Crippen molar-refractivity contribution in [2.24, 2.45) is 11.5 Å². The number of ether oxygens (including phenoxy) is 1. The maximum absolute atomic E-state index is 12.5. The van der Waals surface area contributed by atoms with Crippen LogP contribution in [0.5, 0.6) is 0 Å². The van der Waals surface area contributed by atoms with E-state index in [1.807, 2.05) is 54.6 Å². The number of amidine groups is 1. The van der Waals surface area contributed by atoms with Gasteiger partial charge < -0.3 is 21.5 Å². The van der Waals surface area contributed by atoms with Crippen molar-refractivity contribution in [2.75, 3.05) is 0 Å². The third-order valence-electron chi connectivity index (χ3n) is 4.65. The molecule has 0 unspecified atom stereocenters. The summed E-state index contributed by atoms with van der Waals surface area (Å²) >= 11 is 0. The summed E-state index contributed by atoms with van der Waals surface area (Å²) in [6, 6.07) is 16.3. The molecule has 0 radical (unpaired) electrons. The molecule has 0 aliphatic heterocycles. The van der Waals surface area contributed by atoms with Crippen molar-refractivity contribution in [3.63, 3.8) is 0 Å². The minimum absolute atomic E-state index is 0.104. The van der Waals surface area contributed by atoms with E-state index in [-0.39, 0.29) is 12.4 Å². The van der Waals surface area contributed by atoms with E-state index in [0.717, 1.165) is 16.7 Å². The molecule has 0 heterocycles. The molecule has 0 fully saturated rings.